The van der Waals surface area contributed by atoms with Crippen molar-refractivity contribution in [1.82, 2.24) is 25.4 Å². The standard InChI is InChI=1S/C17H22N6O/c24-23-14(8-11-4-2-1-3-5-11)19-10-15-21-13-9-20-17-12(6-7-18-17)16(13)22-15/h6-7,9,11,24H,1-5,8,10H2,(H,18,20)(H,19,23)(H,21,22). The van der Waals surface area contributed by atoms with E-state index in [1.165, 1.54) is 32.1 Å². The van der Waals surface area contributed by atoms with Crippen molar-refractivity contribution in [2.75, 3.05) is 0 Å². The Kier molecular flexibility index (Phi) is 4.17. The van der Waals surface area contributed by atoms with Gasteiger partial charge in [-0.2, -0.15) is 0 Å². The first-order valence-electron chi connectivity index (χ1n) is 8.57. The molecule has 1 fully saturated rings. The summed E-state index contributed by atoms with van der Waals surface area (Å²) >= 11 is 0. The second-order valence-electron chi connectivity index (χ2n) is 6.53. The first-order valence-corrected chi connectivity index (χ1v) is 8.57. The number of hydrogen-bond acceptors (Lipinski definition) is 4. The van der Waals surface area contributed by atoms with E-state index in [2.05, 4.69) is 30.4 Å². The quantitative estimate of drug-likeness (QED) is 0.336. The Bertz CT molecular complexity index is 858. The number of hydroxylamine groups is 1. The van der Waals surface area contributed by atoms with Crippen molar-refractivity contribution in [3.63, 3.8) is 0 Å². The van der Waals surface area contributed by atoms with Crippen molar-refractivity contribution in [3.8, 4) is 0 Å². The molecule has 0 unspecified atom stereocenters. The molecular formula is C17H22N6O. The number of nitrogens with one attached hydrogen (secondary N) is 3. The third-order valence-corrected chi connectivity index (χ3v) is 4.84. The van der Waals surface area contributed by atoms with Crippen LogP contribution in [-0.4, -0.2) is 31.0 Å². The van der Waals surface area contributed by atoms with Crippen LogP contribution in [0.1, 0.15) is 44.3 Å². The van der Waals surface area contributed by atoms with Crippen LogP contribution in [0.5, 0.6) is 0 Å². The first kappa shape index (κ1) is 15.1. The SMILES string of the molecule is ONC(CC1CCCCC1)=NCc1nc2c(cnc3[nH]ccc32)[nH]1. The molecule has 0 bridgehead atoms. The van der Waals surface area contributed by atoms with Crippen molar-refractivity contribution in [1.29, 1.82) is 0 Å². The number of rotatable bonds is 4. The zero-order valence-electron chi connectivity index (χ0n) is 13.5. The van der Waals surface area contributed by atoms with Crippen LogP contribution in [0.3, 0.4) is 0 Å². The van der Waals surface area contributed by atoms with Crippen molar-refractivity contribution in [2.45, 2.75) is 45.1 Å². The summed E-state index contributed by atoms with van der Waals surface area (Å²) in [5, 5.41) is 10.4. The number of aromatic amines is 2. The van der Waals surface area contributed by atoms with Gasteiger partial charge in [0.15, 0.2) is 0 Å². The molecule has 0 spiro atoms. The van der Waals surface area contributed by atoms with Gasteiger partial charge < -0.3 is 9.97 Å². The maximum Gasteiger partial charge on any atom is 0.139 e. The maximum atomic E-state index is 9.36. The summed E-state index contributed by atoms with van der Waals surface area (Å²) in [6.45, 7) is 0.413. The fourth-order valence-electron chi connectivity index (χ4n) is 3.58. The van der Waals surface area contributed by atoms with Crippen LogP contribution in [0, 0.1) is 5.92 Å². The molecule has 4 N–H and O–H groups in total. The van der Waals surface area contributed by atoms with Crippen LogP contribution in [0.4, 0.5) is 0 Å². The molecule has 0 radical (unpaired) electrons. The molecule has 126 valence electrons. The van der Waals surface area contributed by atoms with E-state index in [1.807, 2.05) is 12.3 Å². The Morgan fingerprint density at radius 2 is 2.21 bits per heavy atom. The smallest absolute Gasteiger partial charge is 0.139 e. The highest BCUT2D eigenvalue weighted by Gasteiger charge is 2.16. The summed E-state index contributed by atoms with van der Waals surface area (Å²) in [4.78, 5) is 19.8. The third-order valence-electron chi connectivity index (χ3n) is 4.84. The Hall–Kier alpha value is -2.41. The number of H-pyrrole nitrogens is 2. The average molecular weight is 326 g/mol. The number of hydrogen-bond donors (Lipinski definition) is 4. The van der Waals surface area contributed by atoms with Gasteiger partial charge >= 0.3 is 0 Å². The van der Waals surface area contributed by atoms with Gasteiger partial charge in [0.2, 0.25) is 0 Å². The van der Waals surface area contributed by atoms with Crippen LogP contribution < -0.4 is 5.48 Å². The monoisotopic (exact) mass is 326 g/mol. The molecule has 0 aromatic carbocycles. The minimum Gasteiger partial charge on any atom is -0.346 e. The average Bonchev–Trinajstić information content (AvgIpc) is 3.25. The van der Waals surface area contributed by atoms with Gasteiger partial charge in [0.25, 0.3) is 0 Å². The Balaban J connectivity index is 1.51. The zero-order chi connectivity index (χ0) is 16.4. The van der Waals surface area contributed by atoms with Gasteiger partial charge in [-0.25, -0.2) is 9.97 Å². The van der Waals surface area contributed by atoms with E-state index in [-0.39, 0.29) is 0 Å². The van der Waals surface area contributed by atoms with E-state index in [4.69, 9.17) is 0 Å². The fraction of sp³-hybridized carbons (Fsp3) is 0.471. The van der Waals surface area contributed by atoms with Gasteiger partial charge in [0.05, 0.1) is 18.3 Å². The van der Waals surface area contributed by atoms with Crippen LogP contribution in [0.2, 0.25) is 0 Å². The Morgan fingerprint density at radius 1 is 1.33 bits per heavy atom. The number of nitrogens with zero attached hydrogens (tertiary/aromatic N) is 3. The number of pyridine rings is 1. The minimum atomic E-state index is 0.413. The van der Waals surface area contributed by atoms with Crippen molar-refractivity contribution < 1.29 is 5.21 Å². The van der Waals surface area contributed by atoms with E-state index in [9.17, 15) is 5.21 Å². The third kappa shape index (κ3) is 2.99. The van der Waals surface area contributed by atoms with Crippen LogP contribution in [-0.2, 0) is 6.54 Å². The van der Waals surface area contributed by atoms with E-state index in [0.717, 1.165) is 34.3 Å². The van der Waals surface area contributed by atoms with Crippen molar-refractivity contribution in [3.05, 3.63) is 24.3 Å². The Morgan fingerprint density at radius 3 is 3.04 bits per heavy atom. The minimum absolute atomic E-state index is 0.413. The molecule has 0 saturated heterocycles. The van der Waals surface area contributed by atoms with E-state index in [0.29, 0.717) is 18.3 Å². The van der Waals surface area contributed by atoms with Crippen molar-refractivity contribution in [2.24, 2.45) is 10.9 Å². The molecular weight excluding hydrogens is 304 g/mol. The van der Waals surface area contributed by atoms with E-state index < -0.39 is 0 Å². The number of fused-ring (bicyclic) bond motifs is 3. The molecule has 1 aliphatic carbocycles. The van der Waals surface area contributed by atoms with Gasteiger partial charge in [0.1, 0.15) is 22.8 Å². The molecule has 24 heavy (non-hydrogen) atoms. The lowest BCUT2D eigenvalue weighted by molar-refractivity contribution is 0.226. The number of amidine groups is 1. The van der Waals surface area contributed by atoms with Crippen LogP contribution >= 0.6 is 0 Å². The van der Waals surface area contributed by atoms with Gasteiger partial charge in [-0.3, -0.25) is 15.7 Å². The predicted molar refractivity (Wildman–Crippen MR) is 93.0 cm³/mol. The number of imidazole rings is 1. The van der Waals surface area contributed by atoms with Gasteiger partial charge in [0, 0.05) is 18.0 Å². The van der Waals surface area contributed by atoms with Gasteiger partial charge in [-0.15, -0.1) is 0 Å². The van der Waals surface area contributed by atoms with Gasteiger partial charge in [-0.05, 0) is 12.0 Å². The maximum absolute atomic E-state index is 9.36. The molecule has 7 heteroatoms. The summed E-state index contributed by atoms with van der Waals surface area (Å²) < 4.78 is 0. The second-order valence-corrected chi connectivity index (χ2v) is 6.53. The molecule has 4 rings (SSSR count). The van der Waals surface area contributed by atoms with Crippen LogP contribution in [0.15, 0.2) is 23.5 Å². The van der Waals surface area contributed by atoms with Crippen LogP contribution in [0.25, 0.3) is 22.1 Å². The topological polar surface area (TPSA) is 102 Å². The summed E-state index contributed by atoms with van der Waals surface area (Å²) in [5.41, 5.74) is 4.90. The number of aromatic nitrogens is 4. The Labute approximate surface area is 139 Å². The molecule has 0 atom stereocenters. The summed E-state index contributed by atoms with van der Waals surface area (Å²) in [6.07, 6.45) is 10.8. The fourth-order valence-corrected chi connectivity index (χ4v) is 3.58. The lowest BCUT2D eigenvalue weighted by Gasteiger charge is -2.21. The van der Waals surface area contributed by atoms with Gasteiger partial charge in [-0.1, -0.05) is 32.1 Å². The lowest BCUT2D eigenvalue weighted by atomic mass is 9.87. The molecule has 0 amide bonds. The number of aliphatic imine (C=N–C) groups is 1. The first-order chi connectivity index (χ1) is 11.8. The molecule has 1 saturated carbocycles. The highest BCUT2D eigenvalue weighted by molar-refractivity contribution is 6.00. The van der Waals surface area contributed by atoms with E-state index >= 15 is 0 Å². The molecule has 3 aromatic heterocycles. The highest BCUT2D eigenvalue weighted by Crippen LogP contribution is 2.26. The zero-order valence-corrected chi connectivity index (χ0v) is 13.5. The molecule has 3 heterocycles. The van der Waals surface area contributed by atoms with E-state index in [1.54, 1.807) is 6.20 Å². The summed E-state index contributed by atoms with van der Waals surface area (Å²) in [6, 6.07) is 1.97. The molecule has 1 aliphatic rings. The normalized spacial score (nSPS) is 17.0. The molecule has 7 nitrogen and oxygen atoms in total. The molecule has 0 aliphatic heterocycles. The lowest BCUT2D eigenvalue weighted by Crippen LogP contribution is -2.23. The van der Waals surface area contributed by atoms with Crippen molar-refractivity contribution >= 4 is 27.9 Å². The summed E-state index contributed by atoms with van der Waals surface area (Å²) in [5.74, 6) is 2.04. The summed E-state index contributed by atoms with van der Waals surface area (Å²) in [7, 11) is 0. The largest absolute Gasteiger partial charge is 0.346 e. The highest BCUT2D eigenvalue weighted by atomic mass is 16.5. The second kappa shape index (κ2) is 6.60. The predicted octanol–water partition coefficient (Wildman–Crippen LogP) is 3.29. The molecule has 3 aromatic rings.